The Morgan fingerprint density at radius 1 is 1.11 bits per heavy atom. The zero-order valence-corrected chi connectivity index (χ0v) is 15.8. The van der Waals surface area contributed by atoms with Crippen LogP contribution in [0.3, 0.4) is 0 Å². The van der Waals surface area contributed by atoms with Crippen molar-refractivity contribution in [2.75, 3.05) is 11.9 Å². The van der Waals surface area contributed by atoms with Gasteiger partial charge in [0.15, 0.2) is 0 Å². The summed E-state index contributed by atoms with van der Waals surface area (Å²) in [6.45, 7) is 0.530. The monoisotopic (exact) mass is 374 g/mol. The smallest absolute Gasteiger partial charge is 0.0931 e. The lowest BCUT2D eigenvalue weighted by Gasteiger charge is -2.19. The lowest BCUT2D eigenvalue weighted by atomic mass is 10.0. The Hall–Kier alpha value is -2.63. The van der Waals surface area contributed by atoms with Gasteiger partial charge in [-0.3, -0.25) is 0 Å². The molecule has 1 atom stereocenters. The average molecular weight is 375 g/mol. The molecule has 136 valence electrons. The summed E-state index contributed by atoms with van der Waals surface area (Å²) in [7, 11) is 0. The predicted molar refractivity (Wildman–Crippen MR) is 113 cm³/mol. The van der Waals surface area contributed by atoms with Gasteiger partial charge in [-0.15, -0.1) is 11.3 Å². The van der Waals surface area contributed by atoms with Gasteiger partial charge in [-0.1, -0.05) is 24.3 Å². The Bertz CT molecular complexity index is 1060. The van der Waals surface area contributed by atoms with E-state index in [9.17, 15) is 0 Å². The second kappa shape index (κ2) is 6.83. The summed E-state index contributed by atoms with van der Waals surface area (Å²) in [5.74, 6) is 0.820. The van der Waals surface area contributed by atoms with E-state index in [2.05, 4.69) is 57.1 Å². The summed E-state index contributed by atoms with van der Waals surface area (Å²) in [4.78, 5) is 8.97. The summed E-state index contributed by atoms with van der Waals surface area (Å²) < 4.78 is 0. The Kier molecular flexibility index (Phi) is 4.19. The Morgan fingerprint density at radius 2 is 1.96 bits per heavy atom. The van der Waals surface area contributed by atoms with Crippen LogP contribution in [-0.2, 0) is 0 Å². The Balaban J connectivity index is 1.35. The molecule has 2 aromatic carbocycles. The van der Waals surface area contributed by atoms with Crippen LogP contribution in [0.5, 0.6) is 0 Å². The number of benzene rings is 2. The van der Waals surface area contributed by atoms with E-state index in [4.69, 9.17) is 5.73 Å². The van der Waals surface area contributed by atoms with Gasteiger partial charge in [-0.25, -0.2) is 4.98 Å². The van der Waals surface area contributed by atoms with Crippen molar-refractivity contribution >= 4 is 28.1 Å². The van der Waals surface area contributed by atoms with Crippen LogP contribution in [0.1, 0.15) is 35.2 Å². The second-order valence-corrected chi connectivity index (χ2v) is 8.14. The lowest BCUT2D eigenvalue weighted by Crippen LogP contribution is -2.20. The quantitative estimate of drug-likeness (QED) is 0.430. The third-order valence-electron chi connectivity index (χ3n) is 5.24. The molecule has 2 heterocycles. The molecule has 1 unspecified atom stereocenters. The Labute approximate surface area is 162 Å². The fraction of sp³-hybridized carbons (Fsp3) is 0.227. The number of aromatic amines is 1. The van der Waals surface area contributed by atoms with Crippen molar-refractivity contribution in [3.63, 3.8) is 0 Å². The van der Waals surface area contributed by atoms with Gasteiger partial charge in [-0.05, 0) is 65.1 Å². The first-order valence-electron chi connectivity index (χ1n) is 9.38. The molecule has 1 saturated carbocycles. The van der Waals surface area contributed by atoms with Crippen LogP contribution >= 0.6 is 11.3 Å². The normalized spacial score (nSPS) is 15.1. The number of nitrogens with zero attached hydrogens (tertiary/aromatic N) is 1. The predicted octanol–water partition coefficient (Wildman–Crippen LogP) is 5.28. The number of aromatic nitrogens is 2. The van der Waals surface area contributed by atoms with Gasteiger partial charge in [0.25, 0.3) is 0 Å². The number of imidazole rings is 1. The van der Waals surface area contributed by atoms with Crippen molar-refractivity contribution in [2.45, 2.75) is 24.8 Å². The summed E-state index contributed by atoms with van der Waals surface area (Å²) in [6.07, 6.45) is 4.42. The number of nitrogens with one attached hydrogen (secondary N) is 2. The molecule has 1 aliphatic rings. The summed E-state index contributed by atoms with van der Waals surface area (Å²) >= 11 is 1.89. The number of nitrogens with two attached hydrogens (primary N) is 1. The van der Waals surface area contributed by atoms with Crippen molar-refractivity contribution in [2.24, 2.45) is 5.73 Å². The second-order valence-electron chi connectivity index (χ2n) is 7.20. The maximum absolute atomic E-state index is 6.06. The van der Waals surface area contributed by atoms with Gasteiger partial charge in [0.1, 0.15) is 0 Å². The highest BCUT2D eigenvalue weighted by atomic mass is 32.1. The molecule has 5 rings (SSSR count). The highest BCUT2D eigenvalue weighted by Gasteiger charge is 2.25. The molecule has 0 spiro atoms. The van der Waals surface area contributed by atoms with Crippen molar-refractivity contribution in [1.29, 1.82) is 0 Å². The first-order chi connectivity index (χ1) is 13.3. The van der Waals surface area contributed by atoms with E-state index in [1.54, 1.807) is 6.33 Å². The van der Waals surface area contributed by atoms with Crippen LogP contribution in [0.4, 0.5) is 5.69 Å². The number of hydrogen-bond donors (Lipinski definition) is 3. The Morgan fingerprint density at radius 3 is 2.74 bits per heavy atom. The van der Waals surface area contributed by atoms with Crippen molar-refractivity contribution < 1.29 is 0 Å². The van der Waals surface area contributed by atoms with Gasteiger partial charge < -0.3 is 16.0 Å². The van der Waals surface area contributed by atoms with Crippen molar-refractivity contribution in [1.82, 2.24) is 9.97 Å². The molecular weight excluding hydrogens is 352 g/mol. The third-order valence-corrected chi connectivity index (χ3v) is 6.34. The molecule has 4 N–H and O–H groups in total. The van der Waals surface area contributed by atoms with E-state index in [0.717, 1.165) is 22.6 Å². The van der Waals surface area contributed by atoms with Gasteiger partial charge >= 0.3 is 0 Å². The van der Waals surface area contributed by atoms with Crippen molar-refractivity contribution in [3.8, 4) is 11.1 Å². The van der Waals surface area contributed by atoms with Crippen LogP contribution < -0.4 is 11.1 Å². The van der Waals surface area contributed by atoms with E-state index in [1.165, 1.54) is 34.4 Å². The third kappa shape index (κ3) is 3.36. The molecule has 0 aliphatic heterocycles. The zero-order valence-electron chi connectivity index (χ0n) is 15.0. The van der Waals surface area contributed by atoms with Crippen LogP contribution in [0, 0.1) is 0 Å². The molecule has 1 fully saturated rings. The zero-order chi connectivity index (χ0) is 18.2. The van der Waals surface area contributed by atoms with Crippen molar-refractivity contribution in [3.05, 3.63) is 70.7 Å². The van der Waals surface area contributed by atoms with Gasteiger partial charge in [0, 0.05) is 17.1 Å². The lowest BCUT2D eigenvalue weighted by molar-refractivity contribution is 0.790. The number of hydrogen-bond acceptors (Lipinski definition) is 4. The standard InChI is InChI=1S/C22H22N4S/c23-11-21(26-18-7-8-19-20(10-18)25-13-24-19)15-3-1-14(2-4-15)17-9-22(27-12-17)16-5-6-16/h1-4,7-10,12-13,16,21,26H,5-6,11,23H2,(H,24,25). The summed E-state index contributed by atoms with van der Waals surface area (Å²) in [5.41, 5.74) is 12.9. The molecule has 0 radical (unpaired) electrons. The number of thiophene rings is 1. The van der Waals surface area contributed by atoms with Crippen LogP contribution in [0.25, 0.3) is 22.2 Å². The molecule has 4 nitrogen and oxygen atoms in total. The summed E-state index contributed by atoms with van der Waals surface area (Å²) in [6, 6.07) is 17.3. The molecule has 0 amide bonds. The minimum absolute atomic E-state index is 0.0694. The van der Waals surface area contributed by atoms with Crippen LogP contribution in [0.2, 0.25) is 0 Å². The molecular formula is C22H22N4S. The van der Waals surface area contributed by atoms with Crippen LogP contribution in [0.15, 0.2) is 60.2 Å². The SMILES string of the molecule is NCC(Nc1ccc2[nH]cnc2c1)c1ccc(-c2csc(C3CC3)c2)cc1. The largest absolute Gasteiger partial charge is 0.377 e. The number of H-pyrrole nitrogens is 1. The molecule has 0 bridgehead atoms. The number of fused-ring (bicyclic) bond motifs is 1. The maximum atomic E-state index is 6.06. The van der Waals surface area contributed by atoms with Gasteiger partial charge in [0.2, 0.25) is 0 Å². The molecule has 0 saturated heterocycles. The van der Waals surface area contributed by atoms with Gasteiger partial charge in [0.05, 0.1) is 23.4 Å². The molecule has 1 aliphatic carbocycles. The summed E-state index contributed by atoms with van der Waals surface area (Å²) in [5, 5.41) is 5.81. The number of anilines is 1. The number of rotatable bonds is 6. The topological polar surface area (TPSA) is 66.7 Å². The van der Waals surface area contributed by atoms with Crippen LogP contribution in [-0.4, -0.2) is 16.5 Å². The minimum Gasteiger partial charge on any atom is -0.377 e. The average Bonchev–Trinajstić information content (AvgIpc) is 3.25. The van der Waals surface area contributed by atoms with E-state index in [0.29, 0.717) is 6.54 Å². The first kappa shape index (κ1) is 16.5. The van der Waals surface area contributed by atoms with E-state index < -0.39 is 0 Å². The fourth-order valence-electron chi connectivity index (χ4n) is 3.50. The first-order valence-corrected chi connectivity index (χ1v) is 10.3. The minimum atomic E-state index is 0.0694. The highest BCUT2D eigenvalue weighted by Crippen LogP contribution is 2.44. The molecule has 2 aromatic heterocycles. The fourth-order valence-corrected chi connectivity index (χ4v) is 4.59. The maximum Gasteiger partial charge on any atom is 0.0931 e. The van der Waals surface area contributed by atoms with E-state index in [1.807, 2.05) is 23.5 Å². The van der Waals surface area contributed by atoms with Gasteiger partial charge in [-0.2, -0.15) is 0 Å². The molecule has 27 heavy (non-hydrogen) atoms. The van der Waals surface area contributed by atoms with E-state index in [-0.39, 0.29) is 6.04 Å². The molecule has 4 aromatic rings. The highest BCUT2D eigenvalue weighted by molar-refractivity contribution is 7.10. The molecule has 5 heteroatoms. The van der Waals surface area contributed by atoms with E-state index >= 15 is 0 Å².